The minimum Gasteiger partial charge on any atom is -0.447 e. The molecule has 2 fully saturated rings. The number of thioether (sulfide) groups is 1. The summed E-state index contributed by atoms with van der Waals surface area (Å²) in [5.41, 5.74) is 0. The fourth-order valence-corrected chi connectivity index (χ4v) is 4.89. The molecule has 0 aromatic carbocycles. The second-order valence-corrected chi connectivity index (χ2v) is 7.91. The molecule has 3 heterocycles. The second kappa shape index (κ2) is 8.91. The van der Waals surface area contributed by atoms with E-state index in [1.807, 2.05) is 22.6 Å². The SMILES string of the molecule is CSc1ccsc1C(=O)N1CCCCC1COC(=O)N1CCOCC1. The van der Waals surface area contributed by atoms with Crippen molar-refractivity contribution in [3.05, 3.63) is 16.3 Å². The maximum atomic E-state index is 13.0. The summed E-state index contributed by atoms with van der Waals surface area (Å²) in [6, 6.07) is 1.95. The summed E-state index contributed by atoms with van der Waals surface area (Å²) in [7, 11) is 0. The second-order valence-electron chi connectivity index (χ2n) is 6.14. The maximum absolute atomic E-state index is 13.0. The van der Waals surface area contributed by atoms with E-state index in [1.54, 1.807) is 16.7 Å². The van der Waals surface area contributed by atoms with Crippen molar-refractivity contribution in [1.82, 2.24) is 9.80 Å². The minimum atomic E-state index is -0.304. The Hall–Kier alpha value is -1.25. The molecule has 0 aliphatic carbocycles. The van der Waals surface area contributed by atoms with Gasteiger partial charge >= 0.3 is 6.09 Å². The number of hydrogen-bond acceptors (Lipinski definition) is 6. The van der Waals surface area contributed by atoms with Crippen LogP contribution in [-0.2, 0) is 9.47 Å². The van der Waals surface area contributed by atoms with E-state index in [2.05, 4.69) is 0 Å². The first-order chi connectivity index (χ1) is 12.2. The molecule has 25 heavy (non-hydrogen) atoms. The lowest BCUT2D eigenvalue weighted by molar-refractivity contribution is 0.0130. The number of likely N-dealkylation sites (tertiary alicyclic amines) is 1. The molecule has 2 aliphatic heterocycles. The van der Waals surface area contributed by atoms with Gasteiger partial charge in [0.15, 0.2) is 0 Å². The van der Waals surface area contributed by atoms with Gasteiger partial charge in [-0.1, -0.05) is 0 Å². The predicted molar refractivity (Wildman–Crippen MR) is 98.5 cm³/mol. The zero-order valence-electron chi connectivity index (χ0n) is 14.4. The van der Waals surface area contributed by atoms with Gasteiger partial charge in [-0.05, 0) is 37.0 Å². The highest BCUT2D eigenvalue weighted by Gasteiger charge is 2.31. The number of thiophene rings is 1. The highest BCUT2D eigenvalue weighted by atomic mass is 32.2. The van der Waals surface area contributed by atoms with Crippen LogP contribution in [0.25, 0.3) is 0 Å². The Bertz CT molecular complexity index is 601. The van der Waals surface area contributed by atoms with E-state index in [1.165, 1.54) is 11.3 Å². The van der Waals surface area contributed by atoms with Crippen LogP contribution < -0.4 is 0 Å². The van der Waals surface area contributed by atoms with Gasteiger partial charge in [-0.3, -0.25) is 4.79 Å². The monoisotopic (exact) mass is 384 g/mol. The first-order valence-corrected chi connectivity index (χ1v) is 10.7. The van der Waals surface area contributed by atoms with Crippen LogP contribution in [-0.4, -0.2) is 73.6 Å². The number of nitrogens with zero attached hydrogens (tertiary/aromatic N) is 2. The number of carbonyl (C=O) groups excluding carboxylic acids is 2. The van der Waals surface area contributed by atoms with Gasteiger partial charge in [-0.25, -0.2) is 4.79 Å². The Morgan fingerprint density at radius 3 is 2.88 bits per heavy atom. The third-order valence-electron chi connectivity index (χ3n) is 4.60. The van der Waals surface area contributed by atoms with Crippen LogP contribution in [0.3, 0.4) is 0 Å². The van der Waals surface area contributed by atoms with Crippen LogP contribution in [0.15, 0.2) is 16.3 Å². The number of amides is 2. The van der Waals surface area contributed by atoms with Gasteiger partial charge in [0, 0.05) is 24.5 Å². The summed E-state index contributed by atoms with van der Waals surface area (Å²) in [5.74, 6) is 0.0615. The molecule has 1 unspecified atom stereocenters. The van der Waals surface area contributed by atoms with Crippen LogP contribution in [0.4, 0.5) is 4.79 Å². The lowest BCUT2D eigenvalue weighted by atomic mass is 10.0. The van der Waals surface area contributed by atoms with E-state index in [-0.39, 0.29) is 24.6 Å². The maximum Gasteiger partial charge on any atom is 0.409 e. The van der Waals surface area contributed by atoms with Crippen molar-refractivity contribution < 1.29 is 19.1 Å². The smallest absolute Gasteiger partial charge is 0.409 e. The largest absolute Gasteiger partial charge is 0.447 e. The predicted octanol–water partition coefficient (Wildman–Crippen LogP) is 2.93. The van der Waals surface area contributed by atoms with Crippen LogP contribution in [0, 0.1) is 0 Å². The Balaban J connectivity index is 1.60. The molecule has 3 rings (SSSR count). The van der Waals surface area contributed by atoms with Crippen molar-refractivity contribution >= 4 is 35.1 Å². The normalized spacial score (nSPS) is 21.2. The highest BCUT2D eigenvalue weighted by Crippen LogP contribution is 2.29. The molecule has 1 aromatic heterocycles. The highest BCUT2D eigenvalue weighted by molar-refractivity contribution is 7.98. The van der Waals surface area contributed by atoms with Gasteiger partial charge in [-0.2, -0.15) is 0 Å². The molecule has 2 amide bonds. The van der Waals surface area contributed by atoms with Crippen LogP contribution in [0.5, 0.6) is 0 Å². The number of rotatable bonds is 4. The van der Waals surface area contributed by atoms with E-state index in [0.717, 1.165) is 35.6 Å². The number of morpholine rings is 1. The third kappa shape index (κ3) is 4.48. The first-order valence-electron chi connectivity index (χ1n) is 8.62. The fourth-order valence-electron chi connectivity index (χ4n) is 3.19. The van der Waals surface area contributed by atoms with Crippen molar-refractivity contribution in [3.63, 3.8) is 0 Å². The van der Waals surface area contributed by atoms with Gasteiger partial charge in [0.1, 0.15) is 11.5 Å². The van der Waals surface area contributed by atoms with Gasteiger partial charge in [0.05, 0.1) is 19.3 Å². The topological polar surface area (TPSA) is 59.1 Å². The number of piperidine rings is 1. The molecule has 0 radical (unpaired) electrons. The molecule has 0 bridgehead atoms. The Morgan fingerprint density at radius 2 is 2.12 bits per heavy atom. The van der Waals surface area contributed by atoms with Crippen molar-refractivity contribution in [2.75, 3.05) is 45.7 Å². The quantitative estimate of drug-likeness (QED) is 0.747. The molecule has 1 aromatic rings. The van der Waals surface area contributed by atoms with E-state index < -0.39 is 0 Å². The van der Waals surface area contributed by atoms with E-state index in [4.69, 9.17) is 9.47 Å². The summed E-state index contributed by atoms with van der Waals surface area (Å²) in [5, 5.41) is 1.95. The molecule has 138 valence electrons. The standard InChI is InChI=1S/C17H24N2O4S2/c1-24-14-5-11-25-15(14)16(20)19-6-3-2-4-13(19)12-23-17(21)18-7-9-22-10-8-18/h5,11,13H,2-4,6-10,12H2,1H3. The van der Waals surface area contributed by atoms with E-state index in [0.29, 0.717) is 26.3 Å². The zero-order chi connectivity index (χ0) is 17.6. The Kier molecular flexibility index (Phi) is 6.61. The van der Waals surface area contributed by atoms with Crippen molar-refractivity contribution in [2.24, 2.45) is 0 Å². The Labute approximate surface area is 156 Å². The van der Waals surface area contributed by atoms with Crippen LogP contribution in [0.1, 0.15) is 28.9 Å². The molecule has 1 atom stereocenters. The molecule has 8 heteroatoms. The third-order valence-corrected chi connectivity index (χ3v) is 6.41. The zero-order valence-corrected chi connectivity index (χ0v) is 16.1. The summed E-state index contributed by atoms with van der Waals surface area (Å²) in [6.07, 6.45) is 4.61. The van der Waals surface area contributed by atoms with Crippen LogP contribution in [0.2, 0.25) is 0 Å². The average molecular weight is 385 g/mol. The summed E-state index contributed by atoms with van der Waals surface area (Å²) >= 11 is 3.07. The lowest BCUT2D eigenvalue weighted by Crippen LogP contribution is -2.48. The van der Waals surface area contributed by atoms with Gasteiger partial charge in [0.2, 0.25) is 0 Å². The van der Waals surface area contributed by atoms with Crippen molar-refractivity contribution in [2.45, 2.75) is 30.2 Å². The molecule has 0 N–H and O–H groups in total. The van der Waals surface area contributed by atoms with E-state index >= 15 is 0 Å². The number of hydrogen-bond donors (Lipinski definition) is 0. The lowest BCUT2D eigenvalue weighted by Gasteiger charge is -2.36. The van der Waals surface area contributed by atoms with E-state index in [9.17, 15) is 9.59 Å². The molecule has 6 nitrogen and oxygen atoms in total. The molecule has 0 spiro atoms. The number of ether oxygens (including phenoxy) is 2. The molecular formula is C17H24N2O4S2. The Morgan fingerprint density at radius 1 is 1.32 bits per heavy atom. The fraction of sp³-hybridized carbons (Fsp3) is 0.647. The molecule has 0 saturated carbocycles. The number of carbonyl (C=O) groups is 2. The van der Waals surface area contributed by atoms with Gasteiger partial charge < -0.3 is 19.3 Å². The van der Waals surface area contributed by atoms with Crippen molar-refractivity contribution in [3.8, 4) is 0 Å². The summed E-state index contributed by atoms with van der Waals surface area (Å²) in [4.78, 5) is 30.5. The van der Waals surface area contributed by atoms with Crippen molar-refractivity contribution in [1.29, 1.82) is 0 Å². The first kappa shape index (κ1) is 18.5. The minimum absolute atomic E-state index is 0.0388. The van der Waals surface area contributed by atoms with Crippen LogP contribution >= 0.6 is 23.1 Å². The van der Waals surface area contributed by atoms with Gasteiger partial charge in [0.25, 0.3) is 5.91 Å². The summed E-state index contributed by atoms with van der Waals surface area (Å²) < 4.78 is 10.8. The summed E-state index contributed by atoms with van der Waals surface area (Å²) in [6.45, 7) is 3.24. The molecule has 2 aliphatic rings. The molecular weight excluding hydrogens is 360 g/mol. The molecule has 2 saturated heterocycles. The average Bonchev–Trinajstić information content (AvgIpc) is 3.15. The van der Waals surface area contributed by atoms with Gasteiger partial charge in [-0.15, -0.1) is 23.1 Å².